The van der Waals surface area contributed by atoms with Crippen LogP contribution in [0.3, 0.4) is 0 Å². The first-order valence-corrected chi connectivity index (χ1v) is 7.20. The van der Waals surface area contributed by atoms with Gasteiger partial charge >= 0.3 is 0 Å². The molecule has 0 N–H and O–H groups in total. The van der Waals surface area contributed by atoms with Crippen molar-refractivity contribution in [2.75, 3.05) is 0 Å². The van der Waals surface area contributed by atoms with Crippen LogP contribution in [-0.2, 0) is 0 Å². The minimum absolute atomic E-state index is 0.483. The van der Waals surface area contributed by atoms with Gasteiger partial charge in [-0.3, -0.25) is 9.97 Å². The molecule has 0 spiro atoms. The van der Waals surface area contributed by atoms with Crippen LogP contribution >= 0.6 is 0 Å². The first-order chi connectivity index (χ1) is 10.2. The topological polar surface area (TPSA) is 25.8 Å². The largest absolute Gasteiger partial charge is 0.264 e. The second kappa shape index (κ2) is 5.88. The Hall–Kier alpha value is -2.48. The zero-order valence-electron chi connectivity index (χ0n) is 12.3. The minimum Gasteiger partial charge on any atom is -0.264 e. The highest BCUT2D eigenvalue weighted by Crippen LogP contribution is 2.30. The standard InChI is InChI=1S/C19H18N2/c1-14(2)17-9-18(15-5-3-7-20-12-15)11-19(10-17)16-6-4-8-21-13-16/h3-14H,1-2H3. The molecule has 0 fully saturated rings. The quantitative estimate of drug-likeness (QED) is 0.676. The Balaban J connectivity index is 2.16. The van der Waals surface area contributed by atoms with Crippen LogP contribution in [0.2, 0.25) is 0 Å². The lowest BCUT2D eigenvalue weighted by Crippen LogP contribution is -1.91. The Morgan fingerprint density at radius 1 is 0.714 bits per heavy atom. The highest BCUT2D eigenvalue weighted by molar-refractivity contribution is 5.73. The molecule has 0 saturated heterocycles. The van der Waals surface area contributed by atoms with Crippen molar-refractivity contribution in [1.29, 1.82) is 0 Å². The van der Waals surface area contributed by atoms with Gasteiger partial charge in [0, 0.05) is 35.9 Å². The fraction of sp³-hybridized carbons (Fsp3) is 0.158. The van der Waals surface area contributed by atoms with Crippen LogP contribution in [0.25, 0.3) is 22.3 Å². The van der Waals surface area contributed by atoms with Crippen molar-refractivity contribution in [3.63, 3.8) is 0 Å². The highest BCUT2D eigenvalue weighted by atomic mass is 14.6. The molecule has 2 heterocycles. The van der Waals surface area contributed by atoms with Crippen LogP contribution in [0.15, 0.2) is 67.3 Å². The van der Waals surface area contributed by atoms with Crippen molar-refractivity contribution in [1.82, 2.24) is 9.97 Å². The summed E-state index contributed by atoms with van der Waals surface area (Å²) in [5.74, 6) is 0.483. The zero-order valence-corrected chi connectivity index (χ0v) is 12.3. The number of benzene rings is 1. The summed E-state index contributed by atoms with van der Waals surface area (Å²) in [7, 11) is 0. The summed E-state index contributed by atoms with van der Waals surface area (Å²) in [4.78, 5) is 8.45. The van der Waals surface area contributed by atoms with Gasteiger partial charge in [0.05, 0.1) is 0 Å². The third-order valence-electron chi connectivity index (χ3n) is 3.61. The van der Waals surface area contributed by atoms with Crippen LogP contribution in [0.5, 0.6) is 0 Å². The third-order valence-corrected chi connectivity index (χ3v) is 3.61. The summed E-state index contributed by atoms with van der Waals surface area (Å²) < 4.78 is 0. The molecule has 2 heteroatoms. The molecule has 0 bridgehead atoms. The zero-order chi connectivity index (χ0) is 14.7. The molecule has 104 valence electrons. The molecule has 0 aliphatic rings. The second-order valence-corrected chi connectivity index (χ2v) is 5.48. The number of hydrogen-bond acceptors (Lipinski definition) is 2. The molecule has 1 aromatic carbocycles. The van der Waals surface area contributed by atoms with E-state index in [1.165, 1.54) is 16.7 Å². The van der Waals surface area contributed by atoms with Gasteiger partial charge in [-0.1, -0.05) is 38.1 Å². The van der Waals surface area contributed by atoms with Gasteiger partial charge < -0.3 is 0 Å². The van der Waals surface area contributed by atoms with E-state index in [0.717, 1.165) is 11.1 Å². The molecule has 0 aliphatic carbocycles. The fourth-order valence-electron chi connectivity index (χ4n) is 2.39. The average molecular weight is 274 g/mol. The smallest absolute Gasteiger partial charge is 0.0346 e. The van der Waals surface area contributed by atoms with E-state index in [0.29, 0.717) is 5.92 Å². The first-order valence-electron chi connectivity index (χ1n) is 7.20. The van der Waals surface area contributed by atoms with Gasteiger partial charge in [-0.05, 0) is 40.8 Å². The van der Waals surface area contributed by atoms with Gasteiger partial charge in [0.25, 0.3) is 0 Å². The van der Waals surface area contributed by atoms with E-state index in [-0.39, 0.29) is 0 Å². The van der Waals surface area contributed by atoms with Gasteiger partial charge in [-0.25, -0.2) is 0 Å². The van der Waals surface area contributed by atoms with Crippen LogP contribution in [0.4, 0.5) is 0 Å². The predicted molar refractivity (Wildman–Crippen MR) is 87.0 cm³/mol. The number of aromatic nitrogens is 2. The van der Waals surface area contributed by atoms with Crippen molar-refractivity contribution < 1.29 is 0 Å². The fourth-order valence-corrected chi connectivity index (χ4v) is 2.39. The summed E-state index contributed by atoms with van der Waals surface area (Å²) in [5.41, 5.74) is 6.02. The van der Waals surface area contributed by atoms with E-state index in [1.807, 2.05) is 24.5 Å². The lowest BCUT2D eigenvalue weighted by molar-refractivity contribution is 0.867. The highest BCUT2D eigenvalue weighted by Gasteiger charge is 2.08. The Bertz CT molecular complexity index is 661. The molecule has 21 heavy (non-hydrogen) atoms. The SMILES string of the molecule is CC(C)c1cc(-c2cccnc2)cc(-c2cccnc2)c1. The Labute approximate surface area is 125 Å². The van der Waals surface area contributed by atoms with E-state index in [2.05, 4.69) is 54.1 Å². The summed E-state index contributed by atoms with van der Waals surface area (Å²) in [6, 6.07) is 14.9. The number of hydrogen-bond donors (Lipinski definition) is 0. The molecule has 3 aromatic rings. The molecular weight excluding hydrogens is 256 g/mol. The molecular formula is C19H18N2. The third kappa shape index (κ3) is 3.00. The van der Waals surface area contributed by atoms with E-state index in [9.17, 15) is 0 Å². The maximum absolute atomic E-state index is 4.23. The summed E-state index contributed by atoms with van der Waals surface area (Å²) in [6.45, 7) is 4.44. The monoisotopic (exact) mass is 274 g/mol. The second-order valence-electron chi connectivity index (χ2n) is 5.48. The molecule has 0 aliphatic heterocycles. The van der Waals surface area contributed by atoms with E-state index < -0.39 is 0 Å². The molecule has 0 amide bonds. The van der Waals surface area contributed by atoms with Crippen LogP contribution in [0, 0.1) is 0 Å². The van der Waals surface area contributed by atoms with Crippen molar-refractivity contribution in [2.45, 2.75) is 19.8 Å². The Morgan fingerprint density at radius 2 is 1.24 bits per heavy atom. The van der Waals surface area contributed by atoms with E-state index >= 15 is 0 Å². The Kier molecular flexibility index (Phi) is 3.78. The molecule has 0 saturated carbocycles. The number of nitrogens with zero attached hydrogens (tertiary/aromatic N) is 2. The van der Waals surface area contributed by atoms with Gasteiger partial charge in [0.15, 0.2) is 0 Å². The molecule has 2 nitrogen and oxygen atoms in total. The van der Waals surface area contributed by atoms with Gasteiger partial charge in [0.2, 0.25) is 0 Å². The summed E-state index contributed by atoms with van der Waals surface area (Å²) >= 11 is 0. The molecule has 0 atom stereocenters. The van der Waals surface area contributed by atoms with Crippen molar-refractivity contribution in [3.8, 4) is 22.3 Å². The first kappa shape index (κ1) is 13.5. The van der Waals surface area contributed by atoms with Gasteiger partial charge in [-0.15, -0.1) is 0 Å². The van der Waals surface area contributed by atoms with Gasteiger partial charge in [-0.2, -0.15) is 0 Å². The normalized spacial score (nSPS) is 10.8. The van der Waals surface area contributed by atoms with E-state index in [1.54, 1.807) is 12.4 Å². The number of pyridine rings is 2. The van der Waals surface area contributed by atoms with Crippen LogP contribution < -0.4 is 0 Å². The maximum Gasteiger partial charge on any atom is 0.0346 e. The number of rotatable bonds is 3. The lowest BCUT2D eigenvalue weighted by atomic mass is 9.93. The predicted octanol–water partition coefficient (Wildman–Crippen LogP) is 4.93. The van der Waals surface area contributed by atoms with Crippen LogP contribution in [0.1, 0.15) is 25.3 Å². The summed E-state index contributed by atoms with van der Waals surface area (Å²) in [6.07, 6.45) is 7.43. The minimum atomic E-state index is 0.483. The maximum atomic E-state index is 4.23. The van der Waals surface area contributed by atoms with Crippen molar-refractivity contribution in [2.24, 2.45) is 0 Å². The molecule has 0 unspecified atom stereocenters. The molecule has 0 radical (unpaired) electrons. The van der Waals surface area contributed by atoms with Crippen molar-refractivity contribution in [3.05, 3.63) is 72.8 Å². The molecule has 2 aromatic heterocycles. The van der Waals surface area contributed by atoms with Crippen molar-refractivity contribution >= 4 is 0 Å². The van der Waals surface area contributed by atoms with Gasteiger partial charge in [0.1, 0.15) is 0 Å². The van der Waals surface area contributed by atoms with Crippen LogP contribution in [-0.4, -0.2) is 9.97 Å². The molecule has 3 rings (SSSR count). The summed E-state index contributed by atoms with van der Waals surface area (Å²) in [5, 5.41) is 0. The lowest BCUT2D eigenvalue weighted by Gasteiger charge is -2.12. The van der Waals surface area contributed by atoms with E-state index in [4.69, 9.17) is 0 Å². The average Bonchev–Trinajstić information content (AvgIpc) is 2.56. The Morgan fingerprint density at radius 3 is 1.62 bits per heavy atom.